The molecule has 1 aromatic heterocycles. The fourth-order valence-electron chi connectivity index (χ4n) is 1.73. The molecule has 19 heavy (non-hydrogen) atoms. The predicted octanol–water partition coefficient (Wildman–Crippen LogP) is 1.56. The van der Waals surface area contributed by atoms with Crippen molar-refractivity contribution in [1.82, 2.24) is 5.32 Å². The topological polar surface area (TPSA) is 63.9 Å². The SMILES string of the molecule is CCOC(C)(C)CNCC(O)COCc1ccco1. The molecule has 5 heteroatoms. The highest BCUT2D eigenvalue weighted by Crippen LogP contribution is 2.06. The van der Waals surface area contributed by atoms with Crippen molar-refractivity contribution in [3.8, 4) is 0 Å². The van der Waals surface area contributed by atoms with Crippen molar-refractivity contribution in [3.63, 3.8) is 0 Å². The van der Waals surface area contributed by atoms with Crippen LogP contribution in [0.5, 0.6) is 0 Å². The summed E-state index contributed by atoms with van der Waals surface area (Å²) in [7, 11) is 0. The maximum atomic E-state index is 9.75. The smallest absolute Gasteiger partial charge is 0.129 e. The Morgan fingerprint density at radius 3 is 2.89 bits per heavy atom. The lowest BCUT2D eigenvalue weighted by atomic mass is 10.1. The molecule has 0 amide bonds. The first-order valence-electron chi connectivity index (χ1n) is 6.66. The zero-order valence-electron chi connectivity index (χ0n) is 12.0. The molecule has 0 saturated heterocycles. The molecule has 0 aliphatic heterocycles. The standard InChI is InChI=1S/C14H25NO4/c1-4-19-14(2,3)11-15-8-12(16)9-17-10-13-6-5-7-18-13/h5-7,12,15-16H,4,8-11H2,1-3H3. The third kappa shape index (κ3) is 7.32. The Hall–Kier alpha value is -0.880. The molecule has 5 nitrogen and oxygen atoms in total. The van der Waals surface area contributed by atoms with Gasteiger partial charge in [-0.2, -0.15) is 0 Å². The molecule has 1 atom stereocenters. The molecule has 0 spiro atoms. The monoisotopic (exact) mass is 271 g/mol. The largest absolute Gasteiger partial charge is 0.467 e. The summed E-state index contributed by atoms with van der Waals surface area (Å²) in [5, 5.41) is 12.9. The van der Waals surface area contributed by atoms with Gasteiger partial charge in [-0.25, -0.2) is 0 Å². The normalized spacial score (nSPS) is 13.7. The van der Waals surface area contributed by atoms with E-state index in [0.29, 0.717) is 26.3 Å². The molecular formula is C14H25NO4. The van der Waals surface area contributed by atoms with Crippen LogP contribution in [0.25, 0.3) is 0 Å². The Balaban J connectivity index is 2.06. The molecule has 0 saturated carbocycles. The van der Waals surface area contributed by atoms with Gasteiger partial charge in [0, 0.05) is 19.7 Å². The fraction of sp³-hybridized carbons (Fsp3) is 0.714. The maximum absolute atomic E-state index is 9.75. The van der Waals surface area contributed by atoms with Crippen molar-refractivity contribution >= 4 is 0 Å². The van der Waals surface area contributed by atoms with Gasteiger partial charge in [0.15, 0.2) is 0 Å². The van der Waals surface area contributed by atoms with Gasteiger partial charge in [-0.3, -0.25) is 0 Å². The lowest BCUT2D eigenvalue weighted by Gasteiger charge is -2.25. The van der Waals surface area contributed by atoms with E-state index in [1.165, 1.54) is 0 Å². The molecule has 0 radical (unpaired) electrons. The van der Waals surface area contributed by atoms with E-state index in [0.717, 1.165) is 5.76 Å². The lowest BCUT2D eigenvalue weighted by Crippen LogP contribution is -2.41. The van der Waals surface area contributed by atoms with Crippen LogP contribution in [-0.2, 0) is 16.1 Å². The number of furan rings is 1. The molecular weight excluding hydrogens is 246 g/mol. The van der Waals surface area contributed by atoms with Gasteiger partial charge in [0.05, 0.1) is 24.6 Å². The number of hydrogen-bond donors (Lipinski definition) is 2. The van der Waals surface area contributed by atoms with Crippen molar-refractivity contribution in [1.29, 1.82) is 0 Å². The molecule has 0 aliphatic carbocycles. The average molecular weight is 271 g/mol. The highest BCUT2D eigenvalue weighted by molar-refractivity contribution is 4.96. The van der Waals surface area contributed by atoms with E-state index >= 15 is 0 Å². The van der Waals surface area contributed by atoms with E-state index in [-0.39, 0.29) is 12.2 Å². The fourth-order valence-corrected chi connectivity index (χ4v) is 1.73. The van der Waals surface area contributed by atoms with Gasteiger partial charge in [0.1, 0.15) is 12.4 Å². The van der Waals surface area contributed by atoms with E-state index in [4.69, 9.17) is 13.9 Å². The van der Waals surface area contributed by atoms with Crippen LogP contribution in [0.2, 0.25) is 0 Å². The zero-order chi connectivity index (χ0) is 14.1. The van der Waals surface area contributed by atoms with Crippen molar-refractivity contribution in [3.05, 3.63) is 24.2 Å². The molecule has 0 bridgehead atoms. The number of nitrogens with one attached hydrogen (secondary N) is 1. The molecule has 0 fully saturated rings. The van der Waals surface area contributed by atoms with Crippen molar-refractivity contribution in [2.75, 3.05) is 26.3 Å². The Labute approximate surface area is 114 Å². The van der Waals surface area contributed by atoms with Gasteiger partial charge in [-0.05, 0) is 32.9 Å². The Kier molecular flexibility index (Phi) is 7.09. The molecule has 1 unspecified atom stereocenters. The van der Waals surface area contributed by atoms with E-state index in [9.17, 15) is 5.11 Å². The van der Waals surface area contributed by atoms with Crippen LogP contribution < -0.4 is 5.32 Å². The molecule has 1 rings (SSSR count). The van der Waals surface area contributed by atoms with Crippen LogP contribution in [0.4, 0.5) is 0 Å². The first-order chi connectivity index (χ1) is 9.03. The zero-order valence-corrected chi connectivity index (χ0v) is 12.0. The maximum Gasteiger partial charge on any atom is 0.129 e. The number of rotatable bonds is 10. The molecule has 0 aliphatic rings. The molecule has 110 valence electrons. The third-order valence-corrected chi connectivity index (χ3v) is 2.60. The predicted molar refractivity (Wildman–Crippen MR) is 72.9 cm³/mol. The summed E-state index contributed by atoms with van der Waals surface area (Å²) in [6.07, 6.45) is 1.07. The first-order valence-corrected chi connectivity index (χ1v) is 6.66. The molecule has 1 aromatic rings. The van der Waals surface area contributed by atoms with E-state index in [1.54, 1.807) is 6.26 Å². The van der Waals surface area contributed by atoms with Gasteiger partial charge in [0.25, 0.3) is 0 Å². The average Bonchev–Trinajstić information content (AvgIpc) is 2.81. The Morgan fingerprint density at radius 1 is 1.47 bits per heavy atom. The van der Waals surface area contributed by atoms with Crippen molar-refractivity contribution < 1.29 is 19.0 Å². The van der Waals surface area contributed by atoms with Crippen LogP contribution in [0.1, 0.15) is 26.5 Å². The summed E-state index contributed by atoms with van der Waals surface area (Å²) in [5.41, 5.74) is -0.219. The van der Waals surface area contributed by atoms with Gasteiger partial charge in [-0.1, -0.05) is 0 Å². The summed E-state index contributed by atoms with van der Waals surface area (Å²) in [5.74, 6) is 0.762. The Bertz CT molecular complexity index is 324. The van der Waals surface area contributed by atoms with Gasteiger partial charge < -0.3 is 24.3 Å². The Morgan fingerprint density at radius 2 is 2.26 bits per heavy atom. The first kappa shape index (κ1) is 16.2. The third-order valence-electron chi connectivity index (χ3n) is 2.60. The lowest BCUT2D eigenvalue weighted by molar-refractivity contribution is -0.0147. The quantitative estimate of drug-likeness (QED) is 0.676. The van der Waals surface area contributed by atoms with Crippen LogP contribution in [-0.4, -0.2) is 43.1 Å². The minimum Gasteiger partial charge on any atom is -0.467 e. The number of hydrogen-bond acceptors (Lipinski definition) is 5. The number of aliphatic hydroxyl groups is 1. The molecule has 0 aromatic carbocycles. The summed E-state index contributed by atoms with van der Waals surface area (Å²) in [4.78, 5) is 0. The van der Waals surface area contributed by atoms with Gasteiger partial charge in [0.2, 0.25) is 0 Å². The minimum absolute atomic E-state index is 0.219. The highest BCUT2D eigenvalue weighted by Gasteiger charge is 2.17. The number of ether oxygens (including phenoxy) is 2. The van der Waals surface area contributed by atoms with E-state index in [1.807, 2.05) is 32.9 Å². The molecule has 1 heterocycles. The van der Waals surface area contributed by atoms with Crippen molar-refractivity contribution in [2.45, 2.75) is 39.1 Å². The summed E-state index contributed by atoms with van der Waals surface area (Å²) in [6, 6.07) is 3.65. The van der Waals surface area contributed by atoms with E-state index < -0.39 is 6.10 Å². The second-order valence-electron chi connectivity index (χ2n) is 5.07. The highest BCUT2D eigenvalue weighted by atomic mass is 16.5. The summed E-state index contributed by atoms with van der Waals surface area (Å²) >= 11 is 0. The molecule has 2 N–H and O–H groups in total. The van der Waals surface area contributed by atoms with Crippen LogP contribution in [0.3, 0.4) is 0 Å². The summed E-state index contributed by atoms with van der Waals surface area (Å²) < 4.78 is 16.0. The van der Waals surface area contributed by atoms with Crippen LogP contribution >= 0.6 is 0 Å². The second-order valence-corrected chi connectivity index (χ2v) is 5.07. The van der Waals surface area contributed by atoms with Crippen LogP contribution in [0, 0.1) is 0 Å². The number of aliphatic hydroxyl groups excluding tert-OH is 1. The van der Waals surface area contributed by atoms with Crippen LogP contribution in [0.15, 0.2) is 22.8 Å². The minimum atomic E-state index is -0.535. The van der Waals surface area contributed by atoms with E-state index in [2.05, 4.69) is 5.32 Å². The van der Waals surface area contributed by atoms with Gasteiger partial charge in [-0.15, -0.1) is 0 Å². The summed E-state index contributed by atoms with van der Waals surface area (Å²) in [6.45, 7) is 8.52. The van der Waals surface area contributed by atoms with Gasteiger partial charge >= 0.3 is 0 Å². The second kappa shape index (κ2) is 8.32. The van der Waals surface area contributed by atoms with Crippen molar-refractivity contribution in [2.24, 2.45) is 0 Å².